The molecule has 2 aromatic rings. The van der Waals surface area contributed by atoms with E-state index in [1.54, 1.807) is 0 Å². The lowest BCUT2D eigenvalue weighted by Gasteiger charge is -2.19. The molecule has 0 saturated heterocycles. The van der Waals surface area contributed by atoms with E-state index in [9.17, 15) is 4.79 Å². The van der Waals surface area contributed by atoms with Gasteiger partial charge in [0, 0.05) is 16.8 Å². The lowest BCUT2D eigenvalue weighted by molar-refractivity contribution is 0.103. The van der Waals surface area contributed by atoms with Gasteiger partial charge in [-0.2, -0.15) is 0 Å². The van der Waals surface area contributed by atoms with Gasteiger partial charge in [-0.25, -0.2) is 0 Å². The highest BCUT2D eigenvalue weighted by Crippen LogP contribution is 2.16. The summed E-state index contributed by atoms with van der Waals surface area (Å²) in [6.45, 7) is 6.74. The Morgan fingerprint density at radius 1 is 0.842 bits per heavy atom. The number of carbonyl (C=O) groups excluding carboxylic acids is 1. The summed E-state index contributed by atoms with van der Waals surface area (Å²) >= 11 is 0. The molecule has 98 valence electrons. The van der Waals surface area contributed by atoms with Gasteiger partial charge in [-0.05, 0) is 24.3 Å². The van der Waals surface area contributed by atoms with Crippen LogP contribution in [0.1, 0.15) is 15.9 Å². The quantitative estimate of drug-likeness (QED) is 0.667. The van der Waals surface area contributed by atoms with Crippen molar-refractivity contribution < 1.29 is 4.79 Å². The maximum Gasteiger partial charge on any atom is 0.193 e. The van der Waals surface area contributed by atoms with Crippen molar-refractivity contribution in [2.45, 2.75) is 19.6 Å². The molecule has 3 heteroatoms. The third kappa shape index (κ3) is 3.79. The van der Waals surface area contributed by atoms with E-state index in [-0.39, 0.29) is 5.78 Å². The van der Waals surface area contributed by atoms with Gasteiger partial charge in [0.15, 0.2) is 5.78 Å². The summed E-state index contributed by atoms with van der Waals surface area (Å²) in [5, 5.41) is 0. The molecule has 2 nitrogen and oxygen atoms in total. The minimum absolute atomic E-state index is 0.0696. The summed E-state index contributed by atoms with van der Waals surface area (Å²) in [5.74, 6) is 0.0696. The van der Waals surface area contributed by atoms with Gasteiger partial charge in [-0.3, -0.25) is 4.79 Å². The van der Waals surface area contributed by atoms with Crippen molar-refractivity contribution >= 4 is 19.7 Å². The molecule has 0 saturated carbocycles. The normalized spacial score (nSPS) is 11.1. The fraction of sp³-hybridized carbons (Fsp3) is 0.188. The Balaban J connectivity index is 2.17. The lowest BCUT2D eigenvalue weighted by atomic mass is 10.0. The van der Waals surface area contributed by atoms with Crippen LogP contribution in [0.2, 0.25) is 19.6 Å². The van der Waals surface area contributed by atoms with Crippen LogP contribution >= 0.6 is 0 Å². The molecule has 0 aromatic heterocycles. The molecule has 0 heterocycles. The Kier molecular flexibility index (Phi) is 3.86. The van der Waals surface area contributed by atoms with Crippen LogP contribution in [0.3, 0.4) is 0 Å². The first-order chi connectivity index (χ1) is 8.96. The largest absolute Gasteiger partial charge is 0.411 e. The molecule has 2 aromatic carbocycles. The smallest absolute Gasteiger partial charge is 0.193 e. The van der Waals surface area contributed by atoms with Gasteiger partial charge in [0.25, 0.3) is 0 Å². The number of hydrogen-bond acceptors (Lipinski definition) is 2. The Morgan fingerprint density at radius 2 is 1.37 bits per heavy atom. The molecular formula is C16H19NOSi. The summed E-state index contributed by atoms with van der Waals surface area (Å²) in [6.07, 6.45) is 0. The second-order valence-corrected chi connectivity index (χ2v) is 10.4. The lowest BCUT2D eigenvalue weighted by Crippen LogP contribution is -2.32. The average Bonchev–Trinajstić information content (AvgIpc) is 2.38. The highest BCUT2D eigenvalue weighted by Gasteiger charge is 2.13. The minimum atomic E-state index is -1.34. The number of carbonyl (C=O) groups is 1. The standard InChI is InChI=1S/C16H19NOSi/c1-19(2,3)17-15-11-9-14(10-12-15)16(18)13-7-5-4-6-8-13/h4-12,17H,1-3H3. The molecule has 0 radical (unpaired) electrons. The topological polar surface area (TPSA) is 29.1 Å². The van der Waals surface area contributed by atoms with Gasteiger partial charge in [-0.15, -0.1) is 0 Å². The SMILES string of the molecule is C[Si](C)(C)Nc1ccc(C(=O)c2ccccc2)cc1. The van der Waals surface area contributed by atoms with Crippen molar-refractivity contribution in [1.29, 1.82) is 0 Å². The van der Waals surface area contributed by atoms with Gasteiger partial charge in [0.2, 0.25) is 0 Å². The summed E-state index contributed by atoms with van der Waals surface area (Å²) in [7, 11) is -1.34. The summed E-state index contributed by atoms with van der Waals surface area (Å²) in [6, 6.07) is 17.1. The van der Waals surface area contributed by atoms with Crippen LogP contribution in [0.25, 0.3) is 0 Å². The maximum atomic E-state index is 12.2. The van der Waals surface area contributed by atoms with E-state index < -0.39 is 8.24 Å². The molecule has 0 aliphatic carbocycles. The summed E-state index contributed by atoms with van der Waals surface area (Å²) < 4.78 is 0. The minimum Gasteiger partial charge on any atom is -0.411 e. The highest BCUT2D eigenvalue weighted by molar-refractivity contribution is 6.79. The molecule has 1 N–H and O–H groups in total. The predicted molar refractivity (Wildman–Crippen MR) is 83.3 cm³/mol. The van der Waals surface area contributed by atoms with Gasteiger partial charge in [0.05, 0.1) is 0 Å². The maximum absolute atomic E-state index is 12.2. The zero-order chi connectivity index (χ0) is 13.9. The van der Waals surface area contributed by atoms with Crippen LogP contribution in [-0.2, 0) is 0 Å². The average molecular weight is 269 g/mol. The van der Waals surface area contributed by atoms with E-state index in [4.69, 9.17) is 0 Å². The highest BCUT2D eigenvalue weighted by atomic mass is 28.3. The van der Waals surface area contributed by atoms with Gasteiger partial charge in [-0.1, -0.05) is 50.0 Å². The van der Waals surface area contributed by atoms with Crippen molar-refractivity contribution in [2.24, 2.45) is 0 Å². The molecule has 0 atom stereocenters. The van der Waals surface area contributed by atoms with Crippen LogP contribution in [0.15, 0.2) is 54.6 Å². The number of rotatable bonds is 4. The Morgan fingerprint density at radius 3 is 1.89 bits per heavy atom. The van der Waals surface area contributed by atoms with E-state index in [2.05, 4.69) is 24.6 Å². The first-order valence-corrected chi connectivity index (χ1v) is 9.94. The van der Waals surface area contributed by atoms with Crippen molar-refractivity contribution in [3.05, 3.63) is 65.7 Å². The number of ketones is 1. The van der Waals surface area contributed by atoms with Crippen molar-refractivity contribution in [2.75, 3.05) is 4.98 Å². The second-order valence-electron chi connectivity index (χ2n) is 5.65. The van der Waals surface area contributed by atoms with Crippen molar-refractivity contribution in [3.63, 3.8) is 0 Å². The molecule has 0 unspecified atom stereocenters. The third-order valence-corrected chi connectivity index (χ3v) is 3.74. The van der Waals surface area contributed by atoms with E-state index in [0.29, 0.717) is 0 Å². The molecular weight excluding hydrogens is 250 g/mol. The predicted octanol–water partition coefficient (Wildman–Crippen LogP) is 4.16. The fourth-order valence-corrected chi connectivity index (χ4v) is 2.93. The number of benzene rings is 2. The van der Waals surface area contributed by atoms with Crippen molar-refractivity contribution in [3.8, 4) is 0 Å². The van der Waals surface area contributed by atoms with E-state index in [1.165, 1.54) is 0 Å². The Labute approximate surface area is 115 Å². The van der Waals surface area contributed by atoms with Crippen LogP contribution in [0.5, 0.6) is 0 Å². The molecule has 19 heavy (non-hydrogen) atoms. The van der Waals surface area contributed by atoms with Gasteiger partial charge < -0.3 is 4.98 Å². The van der Waals surface area contributed by atoms with Gasteiger partial charge >= 0.3 is 0 Å². The fourth-order valence-electron chi connectivity index (χ4n) is 1.89. The van der Waals surface area contributed by atoms with E-state index in [1.807, 2.05) is 54.6 Å². The Hall–Kier alpha value is -1.87. The van der Waals surface area contributed by atoms with Crippen LogP contribution in [0, 0.1) is 0 Å². The first kappa shape index (κ1) is 13.6. The first-order valence-electron chi connectivity index (χ1n) is 6.44. The summed E-state index contributed by atoms with van der Waals surface area (Å²) in [4.78, 5) is 15.7. The number of hydrogen-bond donors (Lipinski definition) is 1. The van der Waals surface area contributed by atoms with Gasteiger partial charge in [0.1, 0.15) is 8.24 Å². The van der Waals surface area contributed by atoms with Crippen LogP contribution in [-0.4, -0.2) is 14.0 Å². The second kappa shape index (κ2) is 5.41. The van der Waals surface area contributed by atoms with Crippen molar-refractivity contribution in [1.82, 2.24) is 0 Å². The number of anilines is 1. The molecule has 0 spiro atoms. The molecule has 0 fully saturated rings. The molecule has 2 rings (SSSR count). The van der Waals surface area contributed by atoms with Crippen LogP contribution in [0.4, 0.5) is 5.69 Å². The Bertz CT molecular complexity index is 556. The summed E-state index contributed by atoms with van der Waals surface area (Å²) in [5.41, 5.74) is 2.55. The molecule has 0 amide bonds. The zero-order valence-electron chi connectivity index (χ0n) is 11.6. The number of nitrogens with one attached hydrogen (secondary N) is 1. The molecule has 0 bridgehead atoms. The molecule has 0 aliphatic rings. The van der Waals surface area contributed by atoms with Crippen LogP contribution < -0.4 is 4.98 Å². The zero-order valence-corrected chi connectivity index (χ0v) is 12.6. The third-order valence-electron chi connectivity index (χ3n) is 2.70. The van der Waals surface area contributed by atoms with E-state index >= 15 is 0 Å². The van der Waals surface area contributed by atoms with E-state index in [0.717, 1.165) is 16.8 Å². The monoisotopic (exact) mass is 269 g/mol. The molecule has 0 aliphatic heterocycles.